The fourth-order valence-electron chi connectivity index (χ4n) is 4.21. The van der Waals surface area contributed by atoms with Crippen LogP contribution in [0.5, 0.6) is 23.0 Å². The Bertz CT molecular complexity index is 1680. The minimum atomic E-state index is -6.70. The molecule has 218 valence electrons. The molecule has 19 heteroatoms. The van der Waals surface area contributed by atoms with Gasteiger partial charge in [0, 0.05) is 6.07 Å². The molecule has 0 unspecified atom stereocenters. The van der Waals surface area contributed by atoms with Gasteiger partial charge in [-0.2, -0.15) is 35.1 Å². The lowest BCUT2D eigenvalue weighted by atomic mass is 9.85. The number of nitro groups is 1. The van der Waals surface area contributed by atoms with E-state index in [1.807, 2.05) is 0 Å². The molecule has 4 aliphatic carbocycles. The minimum absolute atomic E-state index is 0.275. The van der Waals surface area contributed by atoms with Crippen molar-refractivity contribution in [3.8, 4) is 23.0 Å². The number of halogens is 14. The van der Waals surface area contributed by atoms with E-state index in [2.05, 4.69) is 9.47 Å². The van der Waals surface area contributed by atoms with Crippen molar-refractivity contribution in [2.24, 2.45) is 0 Å². The van der Waals surface area contributed by atoms with Gasteiger partial charge in [0.05, 0.1) is 11.0 Å². The molecule has 0 radical (unpaired) electrons. The Morgan fingerprint density at radius 2 is 0.854 bits per heavy atom. The molecule has 0 atom stereocenters. The van der Waals surface area contributed by atoms with Gasteiger partial charge in [-0.25, -0.2) is 26.3 Å². The Morgan fingerprint density at radius 3 is 1.22 bits per heavy atom. The van der Waals surface area contributed by atoms with Crippen LogP contribution in [0.1, 0.15) is 22.3 Å². The van der Waals surface area contributed by atoms with Crippen LogP contribution in [0.2, 0.25) is 0 Å². The van der Waals surface area contributed by atoms with Crippen molar-refractivity contribution in [1.82, 2.24) is 0 Å². The Balaban J connectivity index is 2.01. The molecule has 0 aromatic heterocycles. The average Bonchev–Trinajstić information content (AvgIpc) is 2.85. The van der Waals surface area contributed by atoms with Crippen molar-refractivity contribution in [2.45, 2.75) is 23.7 Å². The maximum Gasteiger partial charge on any atom is 0.346 e. The molecule has 0 saturated carbocycles. The standard InChI is InChI=1S/C22H3F14NO4/c23-11-7-12(24)14(26)8(13(11)25)20(31,32)22(35,36)10-16(28)15(27)9(21(33,34)19(7,29)30)17-18(10)41-6-3-4(37(38)39)1-2-5(6)40-17/h1-3H. The van der Waals surface area contributed by atoms with Crippen LogP contribution in [0.4, 0.5) is 67.2 Å². The zero-order valence-electron chi connectivity index (χ0n) is 18.6. The molecule has 1 heterocycles. The summed E-state index contributed by atoms with van der Waals surface area (Å²) in [7, 11) is 0. The first kappa shape index (κ1) is 28.2. The molecule has 41 heavy (non-hydrogen) atoms. The number of alkyl halides is 8. The number of ether oxygens (including phenoxy) is 2. The van der Waals surface area contributed by atoms with Crippen molar-refractivity contribution in [2.75, 3.05) is 0 Å². The van der Waals surface area contributed by atoms with E-state index in [-0.39, 0.29) is 6.07 Å². The molecule has 0 N–H and O–H groups in total. The first-order valence-electron chi connectivity index (χ1n) is 10.3. The van der Waals surface area contributed by atoms with Crippen LogP contribution in [-0.4, -0.2) is 4.92 Å². The van der Waals surface area contributed by atoms with E-state index >= 15 is 43.9 Å². The number of fused-ring (bicyclic) bond motifs is 1. The van der Waals surface area contributed by atoms with Crippen molar-refractivity contribution < 1.29 is 75.9 Å². The van der Waals surface area contributed by atoms with E-state index in [4.69, 9.17) is 0 Å². The summed E-state index contributed by atoms with van der Waals surface area (Å²) in [5.41, 5.74) is -14.6. The van der Waals surface area contributed by atoms with Crippen LogP contribution in [0.3, 0.4) is 0 Å². The summed E-state index contributed by atoms with van der Waals surface area (Å²) in [4.78, 5) is 9.83. The summed E-state index contributed by atoms with van der Waals surface area (Å²) in [6.45, 7) is 0. The maximum atomic E-state index is 15.3. The van der Waals surface area contributed by atoms with Crippen LogP contribution < -0.4 is 9.47 Å². The summed E-state index contributed by atoms with van der Waals surface area (Å²) in [6, 6.07) is 1.26. The average molecular weight is 611 g/mol. The molecule has 0 spiro atoms. The van der Waals surface area contributed by atoms with Crippen LogP contribution in [0.15, 0.2) is 18.2 Å². The van der Waals surface area contributed by atoms with Crippen molar-refractivity contribution in [3.05, 3.63) is 85.5 Å². The molecule has 0 amide bonds. The smallest absolute Gasteiger partial charge is 0.346 e. The Labute approximate surface area is 214 Å². The highest BCUT2D eigenvalue weighted by atomic mass is 19.3. The third kappa shape index (κ3) is 3.30. The van der Waals surface area contributed by atoms with Gasteiger partial charge in [0.2, 0.25) is 0 Å². The Morgan fingerprint density at radius 1 is 0.537 bits per heavy atom. The van der Waals surface area contributed by atoms with E-state index in [1.165, 1.54) is 0 Å². The Kier molecular flexibility index (Phi) is 5.59. The second kappa shape index (κ2) is 8.12. The van der Waals surface area contributed by atoms with Gasteiger partial charge in [-0.1, -0.05) is 0 Å². The molecule has 3 aromatic carbocycles. The zero-order chi connectivity index (χ0) is 30.8. The number of non-ortho nitro benzene ring substituents is 1. The van der Waals surface area contributed by atoms with Gasteiger partial charge in [-0.15, -0.1) is 0 Å². The fraction of sp³-hybridized carbons (Fsp3) is 0.182. The van der Waals surface area contributed by atoms with E-state index < -0.39 is 114 Å². The second-order valence-corrected chi connectivity index (χ2v) is 8.43. The third-order valence-electron chi connectivity index (χ3n) is 6.16. The van der Waals surface area contributed by atoms with Gasteiger partial charge in [-0.05, 0) is 6.07 Å². The van der Waals surface area contributed by atoms with Gasteiger partial charge in [0.1, 0.15) is 22.3 Å². The fourth-order valence-corrected chi connectivity index (χ4v) is 4.21. The van der Waals surface area contributed by atoms with Crippen LogP contribution >= 0.6 is 0 Å². The van der Waals surface area contributed by atoms with Crippen LogP contribution in [0.25, 0.3) is 0 Å². The lowest BCUT2D eigenvalue weighted by Gasteiger charge is -2.36. The molecular weight excluding hydrogens is 608 g/mol. The predicted octanol–water partition coefficient (Wildman–Crippen LogP) is 8.41. The van der Waals surface area contributed by atoms with Gasteiger partial charge in [0.25, 0.3) is 5.69 Å². The minimum Gasteiger partial charge on any atom is -0.449 e. The number of hydrogen-bond acceptors (Lipinski definition) is 4. The topological polar surface area (TPSA) is 61.6 Å². The zero-order valence-corrected chi connectivity index (χ0v) is 18.6. The van der Waals surface area contributed by atoms with Crippen LogP contribution in [-0.2, 0) is 23.7 Å². The van der Waals surface area contributed by atoms with E-state index in [9.17, 15) is 27.7 Å². The molecule has 5 nitrogen and oxygen atoms in total. The van der Waals surface area contributed by atoms with Crippen LogP contribution in [0, 0.1) is 45.0 Å². The summed E-state index contributed by atoms with van der Waals surface area (Å²) < 4.78 is 219. The largest absolute Gasteiger partial charge is 0.449 e. The maximum absolute atomic E-state index is 15.3. The number of nitrogens with zero attached hydrogens (tertiary/aromatic N) is 1. The van der Waals surface area contributed by atoms with Gasteiger partial charge >= 0.3 is 23.7 Å². The van der Waals surface area contributed by atoms with Crippen molar-refractivity contribution in [1.29, 1.82) is 0 Å². The van der Waals surface area contributed by atoms with Gasteiger partial charge in [-0.3, -0.25) is 10.1 Å². The predicted molar refractivity (Wildman–Crippen MR) is 101 cm³/mol. The first-order chi connectivity index (χ1) is 18.7. The lowest BCUT2D eigenvalue weighted by Crippen LogP contribution is -2.44. The van der Waals surface area contributed by atoms with E-state index in [0.29, 0.717) is 12.1 Å². The molecule has 8 rings (SSSR count). The summed E-state index contributed by atoms with van der Waals surface area (Å²) in [5.74, 6) is -55.2. The lowest BCUT2D eigenvalue weighted by molar-refractivity contribution is -0.384. The molecule has 5 aliphatic rings. The molecule has 0 saturated heterocycles. The van der Waals surface area contributed by atoms with Gasteiger partial charge in [0.15, 0.2) is 57.9 Å². The highest BCUT2D eigenvalue weighted by molar-refractivity contribution is 5.65. The molecule has 1 aliphatic heterocycles. The summed E-state index contributed by atoms with van der Waals surface area (Å²) in [6.07, 6.45) is 0. The summed E-state index contributed by atoms with van der Waals surface area (Å²) in [5, 5.41) is 11.0. The number of rotatable bonds is 1. The van der Waals surface area contributed by atoms with Gasteiger partial charge < -0.3 is 9.47 Å². The monoisotopic (exact) mass is 611 g/mol. The third-order valence-corrected chi connectivity index (χ3v) is 6.16. The normalized spacial score (nSPS) is 18.9. The molecular formula is C22H3F14NO4. The number of hydrogen-bond donors (Lipinski definition) is 0. The first-order valence-corrected chi connectivity index (χ1v) is 10.3. The van der Waals surface area contributed by atoms with Crippen molar-refractivity contribution in [3.63, 3.8) is 0 Å². The number of benzene rings is 3. The SMILES string of the molecule is O=[N+]([O-])c1ccc2c(c1)Oc1c(c3c(F)c(F)c1C(F)(F)C(F)(F)c1c(F)c(F)c(c(F)c1F)C(F)(F)C3(F)F)O2. The quantitative estimate of drug-likeness (QED) is 0.0939. The van der Waals surface area contributed by atoms with Crippen molar-refractivity contribution >= 4 is 5.69 Å². The molecule has 0 fully saturated rings. The highest BCUT2D eigenvalue weighted by Gasteiger charge is 2.70. The molecule has 3 aromatic rings. The molecule has 4 bridgehead atoms. The summed E-state index contributed by atoms with van der Waals surface area (Å²) >= 11 is 0. The van der Waals surface area contributed by atoms with E-state index in [1.54, 1.807) is 0 Å². The van der Waals surface area contributed by atoms with E-state index in [0.717, 1.165) is 0 Å². The number of nitro benzene ring substituents is 1. The highest BCUT2D eigenvalue weighted by Crippen LogP contribution is 2.64. The Hall–Kier alpha value is -4.32. The second-order valence-electron chi connectivity index (χ2n) is 8.43.